The van der Waals surface area contributed by atoms with Gasteiger partial charge in [0.15, 0.2) is 5.96 Å². The maximum atomic E-state index is 12.7. The lowest BCUT2D eigenvalue weighted by Gasteiger charge is -2.29. The van der Waals surface area contributed by atoms with Crippen molar-refractivity contribution < 1.29 is 9.53 Å². The first kappa shape index (κ1) is 21.2. The number of anilines is 1. The summed E-state index contributed by atoms with van der Waals surface area (Å²) in [5, 5.41) is 6.47. The predicted octanol–water partition coefficient (Wildman–Crippen LogP) is 2.58. The molecule has 2 N–H and O–H groups in total. The number of guanidine groups is 1. The van der Waals surface area contributed by atoms with Crippen molar-refractivity contribution in [3.8, 4) is 0 Å². The number of carbonyl (C=O) groups is 1. The minimum absolute atomic E-state index is 0.0413. The number of fused-ring (bicyclic) bond motifs is 1. The van der Waals surface area contributed by atoms with Crippen LogP contribution in [0.1, 0.15) is 39.2 Å². The van der Waals surface area contributed by atoms with Crippen LogP contribution in [-0.2, 0) is 16.0 Å². The summed E-state index contributed by atoms with van der Waals surface area (Å²) in [4.78, 5) is 19.0. The van der Waals surface area contributed by atoms with Gasteiger partial charge in [-0.05, 0) is 43.7 Å². The summed E-state index contributed by atoms with van der Waals surface area (Å²) in [6.07, 6.45) is 2.94. The van der Waals surface area contributed by atoms with E-state index in [-0.39, 0.29) is 12.5 Å². The third kappa shape index (κ3) is 7.21. The fourth-order valence-corrected chi connectivity index (χ4v) is 3.07. The Morgan fingerprint density at radius 1 is 1.30 bits per heavy atom. The van der Waals surface area contributed by atoms with Crippen LogP contribution in [0.5, 0.6) is 0 Å². The molecule has 150 valence electrons. The van der Waals surface area contributed by atoms with Crippen molar-refractivity contribution in [3.63, 3.8) is 0 Å². The molecular formula is C21H34N4O2. The van der Waals surface area contributed by atoms with Gasteiger partial charge in [0, 0.05) is 38.5 Å². The van der Waals surface area contributed by atoms with Crippen molar-refractivity contribution in [1.82, 2.24) is 10.6 Å². The Balaban J connectivity index is 1.82. The Hall–Kier alpha value is -2.08. The van der Waals surface area contributed by atoms with Crippen LogP contribution in [0, 0.1) is 5.92 Å². The second kappa shape index (κ2) is 11.6. The Bertz CT molecular complexity index is 616. The van der Waals surface area contributed by atoms with E-state index in [0.717, 1.165) is 57.8 Å². The van der Waals surface area contributed by atoms with Gasteiger partial charge >= 0.3 is 0 Å². The normalized spacial score (nSPS) is 14.2. The molecule has 1 aromatic rings. The second-order valence-electron chi connectivity index (χ2n) is 7.22. The van der Waals surface area contributed by atoms with Gasteiger partial charge in [-0.15, -0.1) is 0 Å². The van der Waals surface area contributed by atoms with E-state index in [1.807, 2.05) is 30.0 Å². The molecule has 27 heavy (non-hydrogen) atoms. The minimum Gasteiger partial charge on any atom is -0.381 e. The van der Waals surface area contributed by atoms with Gasteiger partial charge in [-0.25, -0.2) is 4.99 Å². The highest BCUT2D eigenvalue weighted by atomic mass is 16.5. The lowest BCUT2D eigenvalue weighted by Crippen LogP contribution is -2.41. The summed E-state index contributed by atoms with van der Waals surface area (Å²) in [6.45, 7) is 10.3. The van der Waals surface area contributed by atoms with Gasteiger partial charge in [0.05, 0.1) is 0 Å². The largest absolute Gasteiger partial charge is 0.381 e. The van der Waals surface area contributed by atoms with Gasteiger partial charge in [0.2, 0.25) is 5.91 Å². The van der Waals surface area contributed by atoms with E-state index < -0.39 is 0 Å². The number of rotatable bonds is 9. The SMILES string of the molecule is CCNC(=NCC(=O)N1CCCc2ccccc21)NCCCOCC(C)C. The molecule has 0 bridgehead atoms. The minimum atomic E-state index is 0.0413. The number of benzene rings is 1. The first-order valence-electron chi connectivity index (χ1n) is 10.1. The highest BCUT2D eigenvalue weighted by Gasteiger charge is 2.21. The Morgan fingerprint density at radius 3 is 2.89 bits per heavy atom. The zero-order valence-corrected chi connectivity index (χ0v) is 17.0. The summed E-state index contributed by atoms with van der Waals surface area (Å²) >= 11 is 0. The zero-order valence-electron chi connectivity index (χ0n) is 17.0. The summed E-state index contributed by atoms with van der Waals surface area (Å²) < 4.78 is 5.59. The highest BCUT2D eigenvalue weighted by Crippen LogP contribution is 2.26. The lowest BCUT2D eigenvalue weighted by molar-refractivity contribution is -0.117. The third-order valence-corrected chi connectivity index (χ3v) is 4.34. The average Bonchev–Trinajstić information content (AvgIpc) is 2.67. The molecule has 0 radical (unpaired) electrons. The van der Waals surface area contributed by atoms with Gasteiger partial charge in [0.25, 0.3) is 0 Å². The van der Waals surface area contributed by atoms with Crippen molar-refractivity contribution in [2.75, 3.05) is 44.3 Å². The summed E-state index contributed by atoms with van der Waals surface area (Å²) in [7, 11) is 0. The van der Waals surface area contributed by atoms with E-state index >= 15 is 0 Å². The van der Waals surface area contributed by atoms with E-state index in [0.29, 0.717) is 11.9 Å². The van der Waals surface area contributed by atoms with E-state index in [1.165, 1.54) is 5.56 Å². The molecule has 1 amide bonds. The summed E-state index contributed by atoms with van der Waals surface area (Å²) in [5.41, 5.74) is 2.27. The lowest BCUT2D eigenvalue weighted by atomic mass is 10.0. The third-order valence-electron chi connectivity index (χ3n) is 4.34. The molecule has 0 aliphatic carbocycles. The maximum Gasteiger partial charge on any atom is 0.248 e. The quantitative estimate of drug-likeness (QED) is 0.396. The molecule has 0 fully saturated rings. The topological polar surface area (TPSA) is 66.0 Å². The molecule has 0 atom stereocenters. The number of para-hydroxylation sites is 1. The Morgan fingerprint density at radius 2 is 2.11 bits per heavy atom. The molecule has 0 saturated heterocycles. The zero-order chi connectivity index (χ0) is 19.5. The van der Waals surface area contributed by atoms with Gasteiger partial charge < -0.3 is 20.3 Å². The first-order chi connectivity index (χ1) is 13.1. The number of nitrogens with zero attached hydrogens (tertiary/aromatic N) is 2. The van der Waals surface area contributed by atoms with Gasteiger partial charge in [-0.1, -0.05) is 32.0 Å². The van der Waals surface area contributed by atoms with Crippen LogP contribution in [0.4, 0.5) is 5.69 Å². The molecule has 1 heterocycles. The fraction of sp³-hybridized carbons (Fsp3) is 0.619. The van der Waals surface area contributed by atoms with Gasteiger partial charge in [-0.2, -0.15) is 0 Å². The molecule has 0 spiro atoms. The van der Waals surface area contributed by atoms with Crippen molar-refractivity contribution in [2.24, 2.45) is 10.9 Å². The monoisotopic (exact) mass is 374 g/mol. The molecule has 1 aromatic carbocycles. The van der Waals surface area contributed by atoms with Crippen molar-refractivity contribution in [2.45, 2.75) is 40.0 Å². The number of aliphatic imine (C=N–C) groups is 1. The Labute approximate surface area is 163 Å². The number of ether oxygens (including phenoxy) is 1. The van der Waals surface area contributed by atoms with Crippen LogP contribution < -0.4 is 15.5 Å². The average molecular weight is 375 g/mol. The van der Waals surface area contributed by atoms with E-state index in [4.69, 9.17) is 4.74 Å². The smallest absolute Gasteiger partial charge is 0.248 e. The molecule has 1 aliphatic rings. The number of aryl methyl sites for hydroxylation is 1. The van der Waals surface area contributed by atoms with Crippen LogP contribution in [0.3, 0.4) is 0 Å². The molecule has 6 heteroatoms. The number of hydrogen-bond acceptors (Lipinski definition) is 3. The molecule has 6 nitrogen and oxygen atoms in total. The van der Waals surface area contributed by atoms with Crippen LogP contribution >= 0.6 is 0 Å². The van der Waals surface area contributed by atoms with Crippen LogP contribution in [0.15, 0.2) is 29.3 Å². The molecule has 0 unspecified atom stereocenters. The van der Waals surface area contributed by atoms with E-state index in [9.17, 15) is 4.79 Å². The Kier molecular flexibility index (Phi) is 9.11. The number of amides is 1. The molecular weight excluding hydrogens is 340 g/mol. The van der Waals surface area contributed by atoms with Crippen LogP contribution in [0.2, 0.25) is 0 Å². The van der Waals surface area contributed by atoms with E-state index in [2.05, 4.69) is 35.5 Å². The van der Waals surface area contributed by atoms with Crippen molar-refractivity contribution in [3.05, 3.63) is 29.8 Å². The second-order valence-corrected chi connectivity index (χ2v) is 7.22. The number of nitrogens with one attached hydrogen (secondary N) is 2. The molecule has 2 rings (SSSR count). The van der Waals surface area contributed by atoms with Crippen molar-refractivity contribution >= 4 is 17.6 Å². The number of hydrogen-bond donors (Lipinski definition) is 2. The summed E-state index contributed by atoms with van der Waals surface area (Å²) in [5.74, 6) is 1.28. The van der Waals surface area contributed by atoms with Crippen LogP contribution in [-0.4, -0.2) is 51.3 Å². The van der Waals surface area contributed by atoms with E-state index in [1.54, 1.807) is 0 Å². The predicted molar refractivity (Wildman–Crippen MR) is 111 cm³/mol. The fourth-order valence-electron chi connectivity index (χ4n) is 3.07. The standard InChI is InChI=1S/C21H34N4O2/c1-4-22-21(23-12-8-14-27-16-17(2)3)24-15-20(26)25-13-7-10-18-9-5-6-11-19(18)25/h5-6,9,11,17H,4,7-8,10,12-16H2,1-3H3,(H2,22,23,24). The molecule has 0 saturated carbocycles. The number of carbonyl (C=O) groups excluding carboxylic acids is 1. The van der Waals surface area contributed by atoms with Crippen LogP contribution in [0.25, 0.3) is 0 Å². The summed E-state index contributed by atoms with van der Waals surface area (Å²) in [6, 6.07) is 8.14. The first-order valence-corrected chi connectivity index (χ1v) is 10.1. The van der Waals surface area contributed by atoms with Gasteiger partial charge in [-0.3, -0.25) is 4.79 Å². The van der Waals surface area contributed by atoms with Gasteiger partial charge in [0.1, 0.15) is 6.54 Å². The van der Waals surface area contributed by atoms with Crippen molar-refractivity contribution in [1.29, 1.82) is 0 Å². The highest BCUT2D eigenvalue weighted by molar-refractivity contribution is 5.97. The molecule has 1 aliphatic heterocycles. The molecule has 0 aromatic heterocycles. The maximum absolute atomic E-state index is 12.7.